The molecule has 0 radical (unpaired) electrons. The topological polar surface area (TPSA) is 65.7 Å². The van der Waals surface area contributed by atoms with E-state index in [2.05, 4.69) is 5.10 Å². The van der Waals surface area contributed by atoms with Crippen LogP contribution >= 0.6 is 0 Å². The minimum absolute atomic E-state index is 0.0417. The van der Waals surface area contributed by atoms with E-state index in [1.165, 1.54) is 6.08 Å². The van der Waals surface area contributed by atoms with Crippen LogP contribution in [0.5, 0.6) is 0 Å². The molecule has 5 nitrogen and oxygen atoms in total. The third kappa shape index (κ3) is 5.47. The Morgan fingerprint density at radius 2 is 2.20 bits per heavy atom. The lowest BCUT2D eigenvalue weighted by molar-refractivity contribution is -0.138. The van der Waals surface area contributed by atoms with Gasteiger partial charge in [0.15, 0.2) is 0 Å². The normalized spacial score (nSPS) is 11.9. The van der Waals surface area contributed by atoms with E-state index < -0.39 is 5.97 Å². The molecule has 0 unspecified atom stereocenters. The number of carbonyl (C=O) groups excluding carboxylic acids is 1. The summed E-state index contributed by atoms with van der Waals surface area (Å²) < 4.78 is 4.70. The van der Waals surface area contributed by atoms with Crippen LogP contribution in [0.1, 0.15) is 13.8 Å². The standard InChI is InChI=1S/C10H15N3O2/c1-5-15-10(14)9(7-11)6-8(2)12-13(3)4/h6H,5H2,1-4H3. The Balaban J connectivity index is 4.76. The first-order valence-corrected chi connectivity index (χ1v) is 4.52. The van der Waals surface area contributed by atoms with Gasteiger partial charge in [-0.15, -0.1) is 0 Å². The Morgan fingerprint density at radius 1 is 1.60 bits per heavy atom. The molecule has 0 N–H and O–H groups in total. The predicted molar refractivity (Wildman–Crippen MR) is 57.1 cm³/mol. The van der Waals surface area contributed by atoms with Crippen LogP contribution in [0.2, 0.25) is 0 Å². The number of nitriles is 1. The third-order valence-electron chi connectivity index (χ3n) is 1.33. The summed E-state index contributed by atoms with van der Waals surface area (Å²) in [6, 6.07) is 1.78. The maximum absolute atomic E-state index is 11.2. The van der Waals surface area contributed by atoms with E-state index in [9.17, 15) is 4.79 Å². The average molecular weight is 209 g/mol. The molecule has 0 saturated carbocycles. The van der Waals surface area contributed by atoms with Crippen molar-refractivity contribution in [1.29, 1.82) is 5.26 Å². The highest BCUT2D eigenvalue weighted by molar-refractivity contribution is 6.03. The molecule has 0 spiro atoms. The predicted octanol–water partition coefficient (Wildman–Crippen LogP) is 0.937. The van der Waals surface area contributed by atoms with Crippen molar-refractivity contribution in [2.45, 2.75) is 13.8 Å². The molecule has 82 valence electrons. The molecule has 0 aromatic rings. The number of allylic oxidation sites excluding steroid dienone is 1. The molecule has 0 amide bonds. The number of carbonyl (C=O) groups is 1. The minimum Gasteiger partial charge on any atom is -0.462 e. The van der Waals surface area contributed by atoms with Crippen molar-refractivity contribution in [1.82, 2.24) is 5.01 Å². The summed E-state index contributed by atoms with van der Waals surface area (Å²) in [6.45, 7) is 3.64. The van der Waals surface area contributed by atoms with E-state index in [1.54, 1.807) is 39.0 Å². The van der Waals surface area contributed by atoms with Gasteiger partial charge in [0.2, 0.25) is 0 Å². The van der Waals surface area contributed by atoms with Gasteiger partial charge in [0.1, 0.15) is 11.6 Å². The van der Waals surface area contributed by atoms with Crippen LogP contribution in [0.4, 0.5) is 0 Å². The van der Waals surface area contributed by atoms with E-state index >= 15 is 0 Å². The molecule has 0 rings (SSSR count). The number of esters is 1. The van der Waals surface area contributed by atoms with Crippen LogP contribution < -0.4 is 0 Å². The molecule has 0 heterocycles. The van der Waals surface area contributed by atoms with Gasteiger partial charge in [-0.05, 0) is 19.9 Å². The summed E-state index contributed by atoms with van der Waals surface area (Å²) in [5.41, 5.74) is 0.532. The summed E-state index contributed by atoms with van der Waals surface area (Å²) >= 11 is 0. The first kappa shape index (κ1) is 13.2. The average Bonchev–Trinajstić information content (AvgIpc) is 2.13. The molecule has 0 aromatic carbocycles. The number of ether oxygens (including phenoxy) is 1. The molecule has 0 aromatic heterocycles. The number of hydrazone groups is 1. The molecular weight excluding hydrogens is 194 g/mol. The molecule has 5 heteroatoms. The fourth-order valence-corrected chi connectivity index (χ4v) is 0.899. The summed E-state index contributed by atoms with van der Waals surface area (Å²) in [6.07, 6.45) is 1.40. The van der Waals surface area contributed by atoms with Crippen molar-refractivity contribution >= 4 is 11.7 Å². The molecule has 15 heavy (non-hydrogen) atoms. The Labute approximate surface area is 89.6 Å². The number of hydrogen-bond acceptors (Lipinski definition) is 5. The van der Waals surface area contributed by atoms with Crippen LogP contribution in [0.3, 0.4) is 0 Å². The van der Waals surface area contributed by atoms with Gasteiger partial charge < -0.3 is 9.75 Å². The van der Waals surface area contributed by atoms with Gasteiger partial charge in [0.05, 0.1) is 12.3 Å². The van der Waals surface area contributed by atoms with Gasteiger partial charge in [-0.25, -0.2) is 4.79 Å². The molecular formula is C10H15N3O2. The smallest absolute Gasteiger partial charge is 0.348 e. The van der Waals surface area contributed by atoms with E-state index in [0.29, 0.717) is 5.71 Å². The highest BCUT2D eigenvalue weighted by atomic mass is 16.5. The SMILES string of the molecule is CCOC(=O)C(C#N)=CC(C)=NN(C)C. The lowest BCUT2D eigenvalue weighted by Gasteiger charge is -2.04. The second kappa shape index (κ2) is 6.60. The second-order valence-corrected chi connectivity index (χ2v) is 2.98. The van der Waals surface area contributed by atoms with Crippen molar-refractivity contribution in [3.8, 4) is 6.07 Å². The van der Waals surface area contributed by atoms with E-state index in [4.69, 9.17) is 10.00 Å². The van der Waals surface area contributed by atoms with Crippen LogP contribution in [-0.4, -0.2) is 37.4 Å². The highest BCUT2D eigenvalue weighted by Gasteiger charge is 2.09. The molecule has 0 bridgehead atoms. The fraction of sp³-hybridized carbons (Fsp3) is 0.500. The molecule has 0 aliphatic carbocycles. The fourth-order valence-electron chi connectivity index (χ4n) is 0.899. The first-order valence-electron chi connectivity index (χ1n) is 4.52. The van der Waals surface area contributed by atoms with E-state index in [0.717, 1.165) is 0 Å². The van der Waals surface area contributed by atoms with Crippen LogP contribution in [0.15, 0.2) is 16.8 Å². The second-order valence-electron chi connectivity index (χ2n) is 2.98. The van der Waals surface area contributed by atoms with E-state index in [-0.39, 0.29) is 12.2 Å². The number of rotatable bonds is 4. The summed E-state index contributed by atoms with van der Waals surface area (Å²) in [5, 5.41) is 14.3. The highest BCUT2D eigenvalue weighted by Crippen LogP contribution is 1.98. The first-order chi connectivity index (χ1) is 7.01. The van der Waals surface area contributed by atoms with Crippen molar-refractivity contribution < 1.29 is 9.53 Å². The molecule has 0 saturated heterocycles. The Kier molecular flexibility index (Phi) is 5.79. The van der Waals surface area contributed by atoms with Gasteiger partial charge in [-0.2, -0.15) is 10.4 Å². The van der Waals surface area contributed by atoms with Gasteiger partial charge in [0, 0.05) is 14.1 Å². The lowest BCUT2D eigenvalue weighted by atomic mass is 10.2. The third-order valence-corrected chi connectivity index (χ3v) is 1.33. The number of hydrogen-bond donors (Lipinski definition) is 0. The Bertz CT molecular complexity index is 324. The van der Waals surface area contributed by atoms with Gasteiger partial charge in [-0.1, -0.05) is 0 Å². The zero-order valence-corrected chi connectivity index (χ0v) is 9.44. The minimum atomic E-state index is -0.617. The maximum Gasteiger partial charge on any atom is 0.348 e. The zero-order valence-electron chi connectivity index (χ0n) is 9.44. The van der Waals surface area contributed by atoms with Crippen molar-refractivity contribution in [3.63, 3.8) is 0 Å². The van der Waals surface area contributed by atoms with Crippen molar-refractivity contribution in [3.05, 3.63) is 11.6 Å². The molecule has 0 aliphatic heterocycles. The van der Waals surface area contributed by atoms with Crippen molar-refractivity contribution in [2.75, 3.05) is 20.7 Å². The quantitative estimate of drug-likeness (QED) is 0.227. The summed E-state index contributed by atoms with van der Waals surface area (Å²) in [7, 11) is 3.52. The molecule has 0 aliphatic rings. The lowest BCUT2D eigenvalue weighted by Crippen LogP contribution is -2.09. The van der Waals surface area contributed by atoms with Gasteiger partial charge >= 0.3 is 5.97 Å². The summed E-state index contributed by atoms with van der Waals surface area (Å²) in [4.78, 5) is 11.2. The monoisotopic (exact) mass is 209 g/mol. The van der Waals surface area contributed by atoms with E-state index in [1.807, 2.05) is 0 Å². The van der Waals surface area contributed by atoms with Crippen LogP contribution in [0.25, 0.3) is 0 Å². The van der Waals surface area contributed by atoms with Gasteiger partial charge in [0.25, 0.3) is 0 Å². The van der Waals surface area contributed by atoms with Gasteiger partial charge in [-0.3, -0.25) is 0 Å². The largest absolute Gasteiger partial charge is 0.462 e. The summed E-state index contributed by atoms with van der Waals surface area (Å²) in [5.74, 6) is -0.617. The molecule has 0 atom stereocenters. The molecule has 0 fully saturated rings. The van der Waals surface area contributed by atoms with Crippen LogP contribution in [-0.2, 0) is 9.53 Å². The Morgan fingerprint density at radius 3 is 2.60 bits per heavy atom. The van der Waals surface area contributed by atoms with Crippen molar-refractivity contribution in [2.24, 2.45) is 5.10 Å². The maximum atomic E-state index is 11.2. The van der Waals surface area contributed by atoms with Crippen LogP contribution in [0, 0.1) is 11.3 Å². The number of nitrogens with zero attached hydrogens (tertiary/aromatic N) is 3. The zero-order chi connectivity index (χ0) is 11.8. The Hall–Kier alpha value is -1.83.